The molecule has 0 spiro atoms. The fourth-order valence-electron chi connectivity index (χ4n) is 2.83. The minimum atomic E-state index is -0.953. The van der Waals surface area contributed by atoms with E-state index in [-0.39, 0.29) is 10.8 Å². The van der Waals surface area contributed by atoms with Crippen LogP contribution in [-0.2, 0) is 7.05 Å². The highest BCUT2D eigenvalue weighted by Gasteiger charge is 2.13. The van der Waals surface area contributed by atoms with Gasteiger partial charge in [0, 0.05) is 17.9 Å². The van der Waals surface area contributed by atoms with Gasteiger partial charge in [-0.2, -0.15) is 0 Å². The summed E-state index contributed by atoms with van der Waals surface area (Å²) in [7, 11) is 1.92. The fourth-order valence-corrected chi connectivity index (χ4v) is 3.74. The molecule has 0 aliphatic rings. The lowest BCUT2D eigenvalue weighted by Crippen LogP contribution is -1.98. The van der Waals surface area contributed by atoms with Crippen molar-refractivity contribution in [2.75, 3.05) is 0 Å². The number of aromatic carboxylic acids is 1. The summed E-state index contributed by atoms with van der Waals surface area (Å²) in [6.07, 6.45) is 3.51. The van der Waals surface area contributed by atoms with Crippen LogP contribution >= 0.6 is 11.8 Å². The van der Waals surface area contributed by atoms with Crippen LogP contribution in [0.15, 0.2) is 66.2 Å². The number of nitrogens with zero attached hydrogens (tertiary/aromatic N) is 6. The Balaban J connectivity index is 1.56. The van der Waals surface area contributed by atoms with E-state index in [2.05, 4.69) is 39.6 Å². The third-order valence-electron chi connectivity index (χ3n) is 4.48. The number of benzene rings is 2. The summed E-state index contributed by atoms with van der Waals surface area (Å²) in [5.41, 5.74) is 3.76. The van der Waals surface area contributed by atoms with Gasteiger partial charge in [-0.05, 0) is 36.8 Å². The molecule has 29 heavy (non-hydrogen) atoms. The molecule has 146 valence electrons. The van der Waals surface area contributed by atoms with Crippen LogP contribution in [0.5, 0.6) is 0 Å². The van der Waals surface area contributed by atoms with Crippen LogP contribution in [0.4, 0.5) is 0 Å². The van der Waals surface area contributed by atoms with Crippen molar-refractivity contribution >= 4 is 17.7 Å². The molecule has 0 fully saturated rings. The lowest BCUT2D eigenvalue weighted by molar-refractivity contribution is 0.0697. The summed E-state index contributed by atoms with van der Waals surface area (Å²) >= 11 is 1.64. The average Bonchev–Trinajstić information content (AvgIpc) is 3.38. The largest absolute Gasteiger partial charge is 0.478 e. The highest BCUT2D eigenvalue weighted by Crippen LogP contribution is 2.33. The minimum Gasteiger partial charge on any atom is -0.478 e. The van der Waals surface area contributed by atoms with Gasteiger partial charge in [-0.3, -0.25) is 0 Å². The summed E-state index contributed by atoms with van der Waals surface area (Å²) in [6.45, 7) is 2.12. The van der Waals surface area contributed by atoms with Crippen LogP contribution in [0.25, 0.3) is 16.9 Å². The van der Waals surface area contributed by atoms with Gasteiger partial charge in [0.15, 0.2) is 5.16 Å². The van der Waals surface area contributed by atoms with Gasteiger partial charge in [0.1, 0.15) is 12.0 Å². The van der Waals surface area contributed by atoms with Crippen molar-refractivity contribution in [3.8, 4) is 16.9 Å². The summed E-state index contributed by atoms with van der Waals surface area (Å²) in [5.74, 6) is -0.953. The van der Waals surface area contributed by atoms with Crippen LogP contribution in [0.1, 0.15) is 28.1 Å². The number of carbonyl (C=O) groups is 1. The van der Waals surface area contributed by atoms with Crippen molar-refractivity contribution in [3.05, 3.63) is 72.2 Å². The van der Waals surface area contributed by atoms with E-state index in [1.54, 1.807) is 47.0 Å². The quantitative estimate of drug-likeness (QED) is 0.488. The maximum absolute atomic E-state index is 11.0. The standard InChI is InChI=1S/C20H18N6O2S/c1-13(29-20-23-21-12-25(20)2)16-4-3-5-17(10-16)26-11-18(22-24-26)14-6-8-15(9-7-14)19(27)28/h3-13H,1-2H3,(H,27,28). The monoisotopic (exact) mass is 406 g/mol. The number of aromatic nitrogens is 6. The van der Waals surface area contributed by atoms with Crippen molar-refractivity contribution in [2.24, 2.45) is 7.05 Å². The molecule has 0 saturated carbocycles. The summed E-state index contributed by atoms with van der Waals surface area (Å²) < 4.78 is 3.61. The summed E-state index contributed by atoms with van der Waals surface area (Å²) in [4.78, 5) is 11.0. The van der Waals surface area contributed by atoms with E-state index in [9.17, 15) is 4.79 Å². The van der Waals surface area contributed by atoms with Gasteiger partial charge in [-0.15, -0.1) is 15.3 Å². The first-order valence-corrected chi connectivity index (χ1v) is 9.76. The number of aryl methyl sites for hydroxylation is 1. The number of hydrogen-bond acceptors (Lipinski definition) is 6. The SMILES string of the molecule is CC(Sc1nncn1C)c1cccc(-n2cc(-c3ccc(C(=O)O)cc3)nn2)c1. The molecular weight excluding hydrogens is 388 g/mol. The lowest BCUT2D eigenvalue weighted by Gasteiger charge is -2.12. The molecule has 1 unspecified atom stereocenters. The third-order valence-corrected chi connectivity index (χ3v) is 5.68. The first kappa shape index (κ1) is 18.9. The Morgan fingerprint density at radius 3 is 2.62 bits per heavy atom. The minimum absolute atomic E-state index is 0.185. The highest BCUT2D eigenvalue weighted by atomic mass is 32.2. The van der Waals surface area contributed by atoms with E-state index < -0.39 is 5.97 Å². The number of carboxylic acids is 1. The number of rotatable bonds is 6. The van der Waals surface area contributed by atoms with Gasteiger partial charge in [0.05, 0.1) is 17.4 Å². The second-order valence-electron chi connectivity index (χ2n) is 6.51. The Kier molecular flexibility index (Phi) is 5.13. The molecule has 1 atom stereocenters. The van der Waals surface area contributed by atoms with E-state index in [0.717, 1.165) is 22.0 Å². The van der Waals surface area contributed by atoms with Gasteiger partial charge in [0.2, 0.25) is 0 Å². The molecule has 0 saturated heterocycles. The van der Waals surface area contributed by atoms with Crippen LogP contribution in [0, 0.1) is 0 Å². The second kappa shape index (κ2) is 7.88. The maximum atomic E-state index is 11.0. The summed E-state index contributed by atoms with van der Waals surface area (Å²) in [6, 6.07) is 14.7. The third kappa shape index (κ3) is 4.04. The normalized spacial score (nSPS) is 12.1. The number of thioether (sulfide) groups is 1. The van der Waals surface area contributed by atoms with Crippen molar-refractivity contribution in [1.82, 2.24) is 29.8 Å². The molecule has 0 aliphatic carbocycles. The first-order chi connectivity index (χ1) is 14.0. The molecule has 0 aliphatic heterocycles. The van der Waals surface area contributed by atoms with Crippen LogP contribution in [0.2, 0.25) is 0 Å². The smallest absolute Gasteiger partial charge is 0.335 e. The molecule has 4 aromatic rings. The predicted molar refractivity (Wildman–Crippen MR) is 109 cm³/mol. The molecular formula is C20H18N6O2S. The zero-order valence-corrected chi connectivity index (χ0v) is 16.6. The number of carboxylic acid groups (broad SMARTS) is 1. The lowest BCUT2D eigenvalue weighted by atomic mass is 10.1. The zero-order valence-electron chi connectivity index (χ0n) is 15.8. The van der Waals surface area contributed by atoms with Crippen molar-refractivity contribution in [3.63, 3.8) is 0 Å². The van der Waals surface area contributed by atoms with Gasteiger partial charge in [-0.25, -0.2) is 9.48 Å². The Morgan fingerprint density at radius 1 is 1.14 bits per heavy atom. The highest BCUT2D eigenvalue weighted by molar-refractivity contribution is 7.99. The van der Waals surface area contributed by atoms with E-state index in [0.29, 0.717) is 5.69 Å². The predicted octanol–water partition coefficient (Wildman–Crippen LogP) is 3.61. The van der Waals surface area contributed by atoms with Gasteiger partial charge >= 0.3 is 5.97 Å². The average molecular weight is 406 g/mol. The van der Waals surface area contributed by atoms with Crippen molar-refractivity contribution in [2.45, 2.75) is 17.3 Å². The second-order valence-corrected chi connectivity index (χ2v) is 7.82. The topological polar surface area (TPSA) is 98.7 Å². The van der Waals surface area contributed by atoms with Crippen LogP contribution in [-0.4, -0.2) is 40.8 Å². The molecule has 2 aromatic carbocycles. The molecule has 0 bridgehead atoms. The maximum Gasteiger partial charge on any atom is 0.335 e. The molecule has 4 rings (SSSR count). The Bertz CT molecular complexity index is 1150. The molecule has 2 aromatic heterocycles. The molecule has 8 nitrogen and oxygen atoms in total. The van der Waals surface area contributed by atoms with Crippen molar-refractivity contribution in [1.29, 1.82) is 0 Å². The van der Waals surface area contributed by atoms with Crippen LogP contribution < -0.4 is 0 Å². The molecule has 1 N–H and O–H groups in total. The molecule has 2 heterocycles. The molecule has 9 heteroatoms. The first-order valence-electron chi connectivity index (χ1n) is 8.88. The van der Waals surface area contributed by atoms with E-state index >= 15 is 0 Å². The van der Waals surface area contributed by atoms with Gasteiger partial charge < -0.3 is 9.67 Å². The summed E-state index contributed by atoms with van der Waals surface area (Å²) in [5, 5.41) is 26.6. The molecule has 0 amide bonds. The number of hydrogen-bond donors (Lipinski definition) is 1. The Morgan fingerprint density at radius 2 is 1.93 bits per heavy atom. The van der Waals surface area contributed by atoms with Gasteiger partial charge in [-0.1, -0.05) is 41.2 Å². The Hall–Kier alpha value is -3.46. The van der Waals surface area contributed by atoms with Gasteiger partial charge in [0.25, 0.3) is 0 Å². The van der Waals surface area contributed by atoms with E-state index in [1.165, 1.54) is 0 Å². The van der Waals surface area contributed by atoms with Crippen molar-refractivity contribution < 1.29 is 9.90 Å². The molecule has 0 radical (unpaired) electrons. The van der Waals surface area contributed by atoms with E-state index in [1.807, 2.05) is 29.9 Å². The Labute approximate surface area is 171 Å². The van der Waals surface area contributed by atoms with Crippen LogP contribution in [0.3, 0.4) is 0 Å². The zero-order chi connectivity index (χ0) is 20.4. The van der Waals surface area contributed by atoms with E-state index in [4.69, 9.17) is 5.11 Å². The fraction of sp³-hybridized carbons (Fsp3) is 0.150.